The van der Waals surface area contributed by atoms with E-state index in [1.54, 1.807) is 0 Å². The van der Waals surface area contributed by atoms with Crippen LogP contribution in [0.2, 0.25) is 0 Å². The first-order valence-corrected chi connectivity index (χ1v) is 21.7. The van der Waals surface area contributed by atoms with Crippen molar-refractivity contribution in [3.63, 3.8) is 0 Å². The highest BCUT2D eigenvalue weighted by Crippen LogP contribution is 2.42. The summed E-state index contributed by atoms with van der Waals surface area (Å²) in [4.78, 5) is 2.36. The van der Waals surface area contributed by atoms with Crippen molar-refractivity contribution < 1.29 is 0 Å². The lowest BCUT2D eigenvalue weighted by Crippen LogP contribution is -2.09. The molecule has 11 aromatic rings. The third kappa shape index (κ3) is 7.58. The summed E-state index contributed by atoms with van der Waals surface area (Å²) in [5.41, 5.74) is 17.7. The van der Waals surface area contributed by atoms with Crippen LogP contribution in [0.3, 0.4) is 0 Å². The Bertz CT molecular complexity index is 3330. The Morgan fingerprint density at radius 3 is 1.19 bits per heavy atom. The van der Waals surface area contributed by atoms with E-state index in [4.69, 9.17) is 0 Å². The van der Waals surface area contributed by atoms with Crippen molar-refractivity contribution in [2.75, 3.05) is 4.90 Å². The quantitative estimate of drug-likeness (QED) is 0.141. The third-order valence-electron chi connectivity index (χ3n) is 12.3. The van der Waals surface area contributed by atoms with Gasteiger partial charge >= 0.3 is 0 Å². The lowest BCUT2D eigenvalue weighted by Gasteiger charge is -2.26. The highest BCUT2D eigenvalue weighted by Gasteiger charge is 2.16. The Morgan fingerprint density at radius 1 is 0.206 bits per heavy atom. The maximum absolute atomic E-state index is 2.36. The largest absolute Gasteiger partial charge is 0.311 e. The molecule has 0 saturated carbocycles. The van der Waals surface area contributed by atoms with Crippen LogP contribution in [0.4, 0.5) is 17.1 Å². The van der Waals surface area contributed by atoms with E-state index in [0.717, 1.165) is 17.1 Å². The molecule has 11 aromatic carbocycles. The van der Waals surface area contributed by atoms with Gasteiger partial charge in [0.15, 0.2) is 0 Å². The molecule has 0 heterocycles. The first-order chi connectivity index (χ1) is 31.2. The molecule has 0 bridgehead atoms. The Kier molecular flexibility index (Phi) is 9.97. The van der Waals surface area contributed by atoms with Crippen LogP contribution in [0.15, 0.2) is 261 Å². The summed E-state index contributed by atoms with van der Waals surface area (Å²) in [5, 5.41) is 5.00. The molecule has 0 aliphatic rings. The standard InChI is InChI=1S/C62H43N/c1-3-12-44(13-4-1)46-22-24-47(25-23-46)48-28-35-57(36-29-48)63(58-37-30-49(31-38-58)54-19-11-20-55(42-54)56-27-26-45-14-7-8-18-53(45)43-56)59-39-32-51(33-40-59)61-41-34-50-15-9-10-21-60(50)62(61)52-16-5-2-6-17-52/h1-43H. The summed E-state index contributed by atoms with van der Waals surface area (Å²) in [6, 6.07) is 94.6. The van der Waals surface area contributed by atoms with Crippen LogP contribution in [-0.2, 0) is 0 Å². The van der Waals surface area contributed by atoms with E-state index in [1.807, 2.05) is 0 Å². The van der Waals surface area contributed by atoms with Gasteiger partial charge in [0.1, 0.15) is 0 Å². The zero-order valence-electron chi connectivity index (χ0n) is 34.8. The molecule has 63 heavy (non-hydrogen) atoms. The molecule has 1 nitrogen and oxygen atoms in total. The maximum atomic E-state index is 2.36. The monoisotopic (exact) mass is 801 g/mol. The topological polar surface area (TPSA) is 3.24 Å². The molecule has 0 amide bonds. The van der Waals surface area contributed by atoms with Crippen molar-refractivity contribution in [1.29, 1.82) is 0 Å². The maximum Gasteiger partial charge on any atom is 0.0462 e. The Morgan fingerprint density at radius 2 is 0.587 bits per heavy atom. The van der Waals surface area contributed by atoms with Gasteiger partial charge in [0.05, 0.1) is 0 Å². The van der Waals surface area contributed by atoms with Crippen LogP contribution in [-0.4, -0.2) is 0 Å². The number of hydrogen-bond acceptors (Lipinski definition) is 1. The third-order valence-corrected chi connectivity index (χ3v) is 12.3. The van der Waals surface area contributed by atoms with Gasteiger partial charge in [0.2, 0.25) is 0 Å². The molecule has 0 unspecified atom stereocenters. The molecule has 0 saturated heterocycles. The second-order valence-electron chi connectivity index (χ2n) is 16.1. The molecule has 296 valence electrons. The van der Waals surface area contributed by atoms with Crippen molar-refractivity contribution in [1.82, 2.24) is 0 Å². The van der Waals surface area contributed by atoms with Crippen molar-refractivity contribution in [2.45, 2.75) is 0 Å². The van der Waals surface area contributed by atoms with Crippen LogP contribution in [0.25, 0.3) is 88.3 Å². The fourth-order valence-electron chi connectivity index (χ4n) is 9.00. The van der Waals surface area contributed by atoms with E-state index in [2.05, 4.69) is 266 Å². The first-order valence-electron chi connectivity index (χ1n) is 21.7. The van der Waals surface area contributed by atoms with Crippen LogP contribution >= 0.6 is 0 Å². The van der Waals surface area contributed by atoms with Crippen LogP contribution in [0, 0.1) is 0 Å². The summed E-state index contributed by atoms with van der Waals surface area (Å²) in [7, 11) is 0. The van der Waals surface area contributed by atoms with Crippen LogP contribution < -0.4 is 4.90 Å². The molecule has 0 aliphatic heterocycles. The smallest absolute Gasteiger partial charge is 0.0462 e. The fraction of sp³-hybridized carbons (Fsp3) is 0. The number of benzene rings is 11. The second-order valence-corrected chi connectivity index (χ2v) is 16.1. The van der Waals surface area contributed by atoms with Gasteiger partial charge in [0.25, 0.3) is 0 Å². The summed E-state index contributed by atoms with van der Waals surface area (Å²) < 4.78 is 0. The van der Waals surface area contributed by atoms with E-state index < -0.39 is 0 Å². The summed E-state index contributed by atoms with van der Waals surface area (Å²) >= 11 is 0. The second kappa shape index (κ2) is 16.7. The molecule has 0 fully saturated rings. The lowest BCUT2D eigenvalue weighted by atomic mass is 9.90. The van der Waals surface area contributed by atoms with Gasteiger partial charge in [-0.2, -0.15) is 0 Å². The first kappa shape index (κ1) is 37.7. The van der Waals surface area contributed by atoms with Gasteiger partial charge in [-0.25, -0.2) is 0 Å². The Labute approximate surface area is 369 Å². The normalized spacial score (nSPS) is 11.2. The van der Waals surface area contributed by atoms with Crippen LogP contribution in [0.5, 0.6) is 0 Å². The van der Waals surface area contributed by atoms with Crippen molar-refractivity contribution >= 4 is 38.6 Å². The molecule has 0 N–H and O–H groups in total. The molecule has 0 spiro atoms. The van der Waals surface area contributed by atoms with Crippen LogP contribution in [0.1, 0.15) is 0 Å². The summed E-state index contributed by atoms with van der Waals surface area (Å²) in [6.45, 7) is 0. The van der Waals surface area contributed by atoms with E-state index in [0.29, 0.717) is 0 Å². The van der Waals surface area contributed by atoms with E-state index in [9.17, 15) is 0 Å². The van der Waals surface area contributed by atoms with Crippen molar-refractivity contribution in [3.8, 4) is 66.8 Å². The van der Waals surface area contributed by atoms with Gasteiger partial charge in [-0.15, -0.1) is 0 Å². The molecule has 11 rings (SSSR count). The van der Waals surface area contributed by atoms with E-state index in [1.165, 1.54) is 88.3 Å². The van der Waals surface area contributed by atoms with Gasteiger partial charge in [-0.1, -0.05) is 212 Å². The fourth-order valence-corrected chi connectivity index (χ4v) is 9.00. The van der Waals surface area contributed by atoms with Gasteiger partial charge in [-0.05, 0) is 137 Å². The predicted molar refractivity (Wildman–Crippen MR) is 269 cm³/mol. The molecular formula is C62H43N. The van der Waals surface area contributed by atoms with Crippen molar-refractivity contribution in [3.05, 3.63) is 261 Å². The molecule has 0 atom stereocenters. The van der Waals surface area contributed by atoms with Gasteiger partial charge in [0, 0.05) is 17.1 Å². The zero-order chi connectivity index (χ0) is 42.0. The number of fused-ring (bicyclic) bond motifs is 2. The molecule has 0 aromatic heterocycles. The molecule has 1 heteroatoms. The number of nitrogens with zero attached hydrogens (tertiary/aromatic N) is 1. The zero-order valence-corrected chi connectivity index (χ0v) is 34.8. The summed E-state index contributed by atoms with van der Waals surface area (Å²) in [5.74, 6) is 0. The number of anilines is 3. The highest BCUT2D eigenvalue weighted by molar-refractivity contribution is 6.04. The SMILES string of the molecule is c1ccc(-c2ccc(-c3ccc(N(c4ccc(-c5cccc(-c6ccc7ccccc7c6)c5)cc4)c4ccc(-c5ccc6ccccc6c5-c5ccccc5)cc4)cc3)cc2)cc1. The van der Waals surface area contributed by atoms with Gasteiger partial charge in [-0.3, -0.25) is 0 Å². The predicted octanol–water partition coefficient (Wildman–Crippen LogP) is 17.5. The highest BCUT2D eigenvalue weighted by atomic mass is 15.1. The Hall–Kier alpha value is -8.26. The van der Waals surface area contributed by atoms with E-state index in [-0.39, 0.29) is 0 Å². The van der Waals surface area contributed by atoms with Gasteiger partial charge < -0.3 is 4.90 Å². The minimum atomic E-state index is 1.09. The summed E-state index contributed by atoms with van der Waals surface area (Å²) in [6.07, 6.45) is 0. The van der Waals surface area contributed by atoms with Crippen molar-refractivity contribution in [2.24, 2.45) is 0 Å². The molecular weight excluding hydrogens is 759 g/mol. The lowest BCUT2D eigenvalue weighted by molar-refractivity contribution is 1.28. The average Bonchev–Trinajstić information content (AvgIpc) is 3.37. The average molecular weight is 802 g/mol. The molecule has 0 aliphatic carbocycles. The minimum absolute atomic E-state index is 1.09. The number of hydrogen-bond donors (Lipinski definition) is 0. The number of rotatable bonds is 9. The molecule has 0 radical (unpaired) electrons. The minimum Gasteiger partial charge on any atom is -0.311 e. The van der Waals surface area contributed by atoms with E-state index >= 15 is 0 Å². The Balaban J connectivity index is 0.954.